The quantitative estimate of drug-likeness (QED) is 0.533. The first-order valence-electron chi connectivity index (χ1n) is 7.02. The molecular weight excluding hydrogens is 230 g/mol. The van der Waals surface area contributed by atoms with Crippen LogP contribution in [0.5, 0.6) is 0 Å². The van der Waals surface area contributed by atoms with Gasteiger partial charge in [-0.1, -0.05) is 38.5 Å². The molecule has 0 bridgehead atoms. The first kappa shape index (κ1) is 17.2. The number of rotatable bonds is 0. The van der Waals surface area contributed by atoms with E-state index >= 15 is 0 Å². The van der Waals surface area contributed by atoms with Crippen LogP contribution >= 0.6 is 0 Å². The van der Waals surface area contributed by atoms with Crippen molar-refractivity contribution in [1.29, 1.82) is 0 Å². The van der Waals surface area contributed by atoms with Crippen LogP contribution in [0.4, 0.5) is 4.79 Å². The summed E-state index contributed by atoms with van der Waals surface area (Å²) < 4.78 is 0. The number of nitrogens with two attached hydrogens (primary N) is 3. The van der Waals surface area contributed by atoms with Crippen LogP contribution in [0.25, 0.3) is 0 Å². The molecular formula is C13H29N3O2. The maximum absolute atomic E-state index is 8.78. The summed E-state index contributed by atoms with van der Waals surface area (Å²) in [7, 11) is 0. The molecule has 0 aliphatic heterocycles. The molecule has 0 aromatic carbocycles. The molecule has 2 aliphatic rings. The molecule has 2 fully saturated rings. The van der Waals surface area contributed by atoms with Gasteiger partial charge in [-0.15, -0.1) is 0 Å². The van der Waals surface area contributed by atoms with E-state index in [0.717, 1.165) is 0 Å². The van der Waals surface area contributed by atoms with Gasteiger partial charge in [0.15, 0.2) is 0 Å². The predicted octanol–water partition coefficient (Wildman–Crippen LogP) is 2.18. The first-order chi connectivity index (χ1) is 8.52. The van der Waals surface area contributed by atoms with Crippen molar-refractivity contribution in [2.24, 2.45) is 17.2 Å². The lowest BCUT2D eigenvalue weighted by atomic mass is 9.97. The molecule has 0 heterocycles. The highest BCUT2D eigenvalue weighted by atomic mass is 16.4. The van der Waals surface area contributed by atoms with Gasteiger partial charge in [0, 0.05) is 12.1 Å². The van der Waals surface area contributed by atoms with E-state index in [9.17, 15) is 0 Å². The van der Waals surface area contributed by atoms with E-state index in [2.05, 4.69) is 5.73 Å². The molecule has 18 heavy (non-hydrogen) atoms. The van der Waals surface area contributed by atoms with Crippen LogP contribution < -0.4 is 17.2 Å². The zero-order valence-corrected chi connectivity index (χ0v) is 11.3. The van der Waals surface area contributed by atoms with Crippen LogP contribution in [0, 0.1) is 0 Å². The Hall–Kier alpha value is -0.810. The number of hydrogen-bond donors (Lipinski definition) is 4. The van der Waals surface area contributed by atoms with E-state index in [0.29, 0.717) is 12.1 Å². The minimum absolute atomic E-state index is 0.536. The zero-order valence-electron chi connectivity index (χ0n) is 11.3. The summed E-state index contributed by atoms with van der Waals surface area (Å²) >= 11 is 0. The Labute approximate surface area is 110 Å². The van der Waals surface area contributed by atoms with E-state index in [1.165, 1.54) is 64.2 Å². The van der Waals surface area contributed by atoms with E-state index in [-0.39, 0.29) is 0 Å². The molecule has 0 atom stereocenters. The van der Waals surface area contributed by atoms with Crippen molar-refractivity contribution in [1.82, 2.24) is 0 Å². The van der Waals surface area contributed by atoms with Crippen molar-refractivity contribution in [2.75, 3.05) is 0 Å². The third-order valence-electron chi connectivity index (χ3n) is 3.30. The summed E-state index contributed by atoms with van der Waals surface area (Å²) in [5.74, 6) is 0. The lowest BCUT2D eigenvalue weighted by molar-refractivity contribution is 0.205. The molecule has 2 saturated carbocycles. The smallest absolute Gasteiger partial charge is 0.402 e. The van der Waals surface area contributed by atoms with E-state index in [1.807, 2.05) is 0 Å². The molecule has 0 spiro atoms. The zero-order chi connectivity index (χ0) is 13.8. The van der Waals surface area contributed by atoms with Gasteiger partial charge in [0.1, 0.15) is 0 Å². The van der Waals surface area contributed by atoms with Crippen LogP contribution in [-0.2, 0) is 0 Å². The number of carboxylic acid groups (broad SMARTS) is 1. The summed E-state index contributed by atoms with van der Waals surface area (Å²) in [6.07, 6.45) is 12.0. The molecule has 0 aromatic heterocycles. The second-order valence-corrected chi connectivity index (χ2v) is 5.13. The topological polar surface area (TPSA) is 115 Å². The van der Waals surface area contributed by atoms with Crippen molar-refractivity contribution >= 4 is 6.09 Å². The summed E-state index contributed by atoms with van der Waals surface area (Å²) in [6.45, 7) is 0. The van der Waals surface area contributed by atoms with Gasteiger partial charge in [0.05, 0.1) is 0 Å². The van der Waals surface area contributed by atoms with Crippen molar-refractivity contribution in [2.45, 2.75) is 76.3 Å². The standard InChI is InChI=1S/2C6H13N.CH3NO2/c2*7-6-4-2-1-3-5-6;2-1(3)4/h2*6H,1-5,7H2;2H2,(H,3,4). The van der Waals surface area contributed by atoms with Crippen LogP contribution in [0.1, 0.15) is 64.2 Å². The molecule has 0 radical (unpaired) electrons. The van der Waals surface area contributed by atoms with Crippen LogP contribution in [-0.4, -0.2) is 23.3 Å². The third-order valence-corrected chi connectivity index (χ3v) is 3.30. The highest BCUT2D eigenvalue weighted by Crippen LogP contribution is 2.15. The predicted molar refractivity (Wildman–Crippen MR) is 74.3 cm³/mol. The molecule has 2 rings (SSSR count). The van der Waals surface area contributed by atoms with Crippen molar-refractivity contribution in [3.63, 3.8) is 0 Å². The Morgan fingerprint density at radius 1 is 0.778 bits per heavy atom. The highest BCUT2D eigenvalue weighted by molar-refractivity contribution is 5.61. The fourth-order valence-corrected chi connectivity index (χ4v) is 2.27. The third kappa shape index (κ3) is 13.3. The average molecular weight is 259 g/mol. The van der Waals surface area contributed by atoms with E-state index in [4.69, 9.17) is 21.4 Å². The van der Waals surface area contributed by atoms with Gasteiger partial charge in [-0.05, 0) is 25.7 Å². The van der Waals surface area contributed by atoms with Crippen LogP contribution in [0.15, 0.2) is 0 Å². The molecule has 0 saturated heterocycles. The largest absolute Gasteiger partial charge is 0.465 e. The highest BCUT2D eigenvalue weighted by Gasteiger charge is 2.06. The average Bonchev–Trinajstić information content (AvgIpc) is 2.31. The van der Waals surface area contributed by atoms with Crippen molar-refractivity contribution < 1.29 is 9.90 Å². The second kappa shape index (κ2) is 11.3. The molecule has 5 nitrogen and oxygen atoms in total. The Morgan fingerprint density at radius 2 is 1.00 bits per heavy atom. The first-order valence-corrected chi connectivity index (χ1v) is 7.02. The minimum Gasteiger partial charge on any atom is -0.465 e. The molecule has 108 valence electrons. The van der Waals surface area contributed by atoms with E-state index in [1.54, 1.807) is 0 Å². The van der Waals surface area contributed by atoms with Crippen LogP contribution in [0.2, 0.25) is 0 Å². The van der Waals surface area contributed by atoms with Gasteiger partial charge in [-0.3, -0.25) is 0 Å². The number of carbonyl (C=O) groups is 1. The number of amides is 1. The van der Waals surface area contributed by atoms with Crippen LogP contribution in [0.3, 0.4) is 0 Å². The second-order valence-electron chi connectivity index (χ2n) is 5.13. The molecule has 0 aromatic rings. The van der Waals surface area contributed by atoms with Gasteiger partial charge in [-0.2, -0.15) is 0 Å². The Bertz CT molecular complexity index is 180. The van der Waals surface area contributed by atoms with Gasteiger partial charge in [0.2, 0.25) is 0 Å². The maximum atomic E-state index is 8.78. The van der Waals surface area contributed by atoms with Gasteiger partial charge >= 0.3 is 6.09 Å². The fraction of sp³-hybridized carbons (Fsp3) is 0.923. The van der Waals surface area contributed by atoms with Gasteiger partial charge in [-0.25, -0.2) is 4.79 Å². The monoisotopic (exact) mass is 259 g/mol. The Kier molecular flexibility index (Phi) is 10.8. The lowest BCUT2D eigenvalue weighted by Crippen LogP contribution is -2.22. The Morgan fingerprint density at radius 3 is 1.11 bits per heavy atom. The SMILES string of the molecule is NC(=O)O.NC1CCCCC1.NC1CCCCC1. The van der Waals surface area contributed by atoms with E-state index < -0.39 is 6.09 Å². The molecule has 5 heteroatoms. The van der Waals surface area contributed by atoms with Crippen molar-refractivity contribution in [3.8, 4) is 0 Å². The minimum atomic E-state index is -1.33. The molecule has 0 unspecified atom stereocenters. The maximum Gasteiger partial charge on any atom is 0.402 e. The number of primary amides is 1. The summed E-state index contributed by atoms with van der Waals surface area (Å²) in [5.41, 5.74) is 15.3. The molecule has 7 N–H and O–H groups in total. The summed E-state index contributed by atoms with van der Waals surface area (Å²) in [5, 5.41) is 7.19. The normalized spacial score (nSPS) is 21.0. The fourth-order valence-electron chi connectivity index (χ4n) is 2.27. The summed E-state index contributed by atoms with van der Waals surface area (Å²) in [6, 6.07) is 1.07. The van der Waals surface area contributed by atoms with Gasteiger partial charge < -0.3 is 22.3 Å². The lowest BCUT2D eigenvalue weighted by Gasteiger charge is -2.15. The van der Waals surface area contributed by atoms with Crippen molar-refractivity contribution in [3.05, 3.63) is 0 Å². The number of hydrogen-bond acceptors (Lipinski definition) is 3. The Balaban J connectivity index is 0.000000253. The molecule has 2 aliphatic carbocycles. The van der Waals surface area contributed by atoms with Gasteiger partial charge in [0.25, 0.3) is 0 Å². The molecule has 1 amide bonds. The summed E-state index contributed by atoms with van der Waals surface area (Å²) in [4.78, 5) is 8.78.